The van der Waals surface area contributed by atoms with E-state index in [2.05, 4.69) is 6.26 Å². The zero-order chi connectivity index (χ0) is 12.1. The van der Waals surface area contributed by atoms with Crippen molar-refractivity contribution in [2.75, 3.05) is 6.26 Å². The third-order valence-electron chi connectivity index (χ3n) is 3.45. The maximum atomic E-state index is 12.6. The summed E-state index contributed by atoms with van der Waals surface area (Å²) in [5.41, 5.74) is 0. The Kier molecular flexibility index (Phi) is 5.11. The van der Waals surface area contributed by atoms with Crippen molar-refractivity contribution in [2.45, 2.75) is 41.6 Å². The molecule has 1 saturated carbocycles. The first kappa shape index (κ1) is 13.2. The number of thioether (sulfide) groups is 1. The SMILES string of the molecule is CSC(C1CCCCC1)S(=O)c1ccccc1. The molecule has 0 radical (unpaired) electrons. The van der Waals surface area contributed by atoms with Crippen LogP contribution in [-0.2, 0) is 10.8 Å². The van der Waals surface area contributed by atoms with Crippen LogP contribution in [0.15, 0.2) is 35.2 Å². The van der Waals surface area contributed by atoms with Crippen LogP contribution >= 0.6 is 11.8 Å². The van der Waals surface area contributed by atoms with Crippen LogP contribution in [0.1, 0.15) is 32.1 Å². The van der Waals surface area contributed by atoms with Gasteiger partial charge in [-0.05, 0) is 37.1 Å². The summed E-state index contributed by atoms with van der Waals surface area (Å²) in [5.74, 6) is 0.639. The third-order valence-corrected chi connectivity index (χ3v) is 6.95. The molecule has 1 aliphatic carbocycles. The second kappa shape index (κ2) is 6.60. The lowest BCUT2D eigenvalue weighted by atomic mass is 9.91. The third kappa shape index (κ3) is 3.35. The second-order valence-corrected chi connectivity index (χ2v) is 7.46. The minimum absolute atomic E-state index is 0.276. The molecule has 0 saturated heterocycles. The smallest absolute Gasteiger partial charge is 0.0873 e. The van der Waals surface area contributed by atoms with Gasteiger partial charge in [-0.2, -0.15) is 0 Å². The Labute approximate surface area is 111 Å². The first-order chi connectivity index (χ1) is 8.33. The van der Waals surface area contributed by atoms with Gasteiger partial charge in [0.1, 0.15) is 0 Å². The second-order valence-electron chi connectivity index (χ2n) is 4.61. The summed E-state index contributed by atoms with van der Waals surface area (Å²) >= 11 is 1.78. The van der Waals surface area contributed by atoms with Crippen molar-refractivity contribution < 1.29 is 4.21 Å². The Bertz CT molecular complexity index is 358. The lowest BCUT2D eigenvalue weighted by molar-refractivity contribution is 0.378. The normalized spacial score (nSPS) is 21.0. The number of hydrogen-bond donors (Lipinski definition) is 0. The summed E-state index contributed by atoms with van der Waals surface area (Å²) in [6.07, 6.45) is 8.59. The molecular weight excluding hydrogens is 248 g/mol. The standard InChI is InChI=1S/C14H20OS2/c1-16-14(12-8-4-2-5-9-12)17(15)13-10-6-3-7-11-13/h3,6-7,10-12,14H,2,4-5,8-9H2,1H3. The highest BCUT2D eigenvalue weighted by Crippen LogP contribution is 2.35. The summed E-state index contributed by atoms with van der Waals surface area (Å²) in [6.45, 7) is 0. The fraction of sp³-hybridized carbons (Fsp3) is 0.571. The molecule has 0 aliphatic heterocycles. The van der Waals surface area contributed by atoms with Gasteiger partial charge in [-0.3, -0.25) is 4.21 Å². The molecule has 0 bridgehead atoms. The average molecular weight is 268 g/mol. The lowest BCUT2D eigenvalue weighted by Crippen LogP contribution is -2.24. The summed E-state index contributed by atoms with van der Waals surface area (Å²) in [4.78, 5) is 0.984. The highest BCUT2D eigenvalue weighted by molar-refractivity contribution is 8.10. The number of benzene rings is 1. The van der Waals surface area contributed by atoms with Gasteiger partial charge in [-0.1, -0.05) is 37.5 Å². The molecule has 17 heavy (non-hydrogen) atoms. The quantitative estimate of drug-likeness (QED) is 0.819. The first-order valence-electron chi connectivity index (χ1n) is 6.31. The van der Waals surface area contributed by atoms with E-state index in [0.717, 1.165) is 4.90 Å². The molecule has 1 nitrogen and oxygen atoms in total. The van der Waals surface area contributed by atoms with Crippen LogP contribution in [0.25, 0.3) is 0 Å². The van der Waals surface area contributed by atoms with E-state index in [4.69, 9.17) is 0 Å². The predicted molar refractivity (Wildman–Crippen MR) is 76.7 cm³/mol. The van der Waals surface area contributed by atoms with Crippen LogP contribution in [0.3, 0.4) is 0 Å². The fourth-order valence-corrected chi connectivity index (χ4v) is 5.55. The van der Waals surface area contributed by atoms with E-state index in [1.807, 2.05) is 30.3 Å². The maximum Gasteiger partial charge on any atom is 0.0873 e. The van der Waals surface area contributed by atoms with Crippen molar-refractivity contribution in [1.82, 2.24) is 0 Å². The molecule has 0 N–H and O–H groups in total. The van der Waals surface area contributed by atoms with Crippen LogP contribution in [0.4, 0.5) is 0 Å². The highest BCUT2D eigenvalue weighted by Gasteiger charge is 2.28. The van der Waals surface area contributed by atoms with Gasteiger partial charge in [-0.25, -0.2) is 0 Å². The number of rotatable bonds is 4. The minimum Gasteiger partial charge on any atom is -0.253 e. The van der Waals surface area contributed by atoms with Crippen molar-refractivity contribution >= 4 is 22.6 Å². The molecule has 94 valence electrons. The zero-order valence-electron chi connectivity index (χ0n) is 10.3. The summed E-state index contributed by atoms with van der Waals surface area (Å²) < 4.78 is 12.8. The van der Waals surface area contributed by atoms with E-state index in [-0.39, 0.29) is 4.58 Å². The monoisotopic (exact) mass is 268 g/mol. The minimum atomic E-state index is -0.856. The van der Waals surface area contributed by atoms with Crippen LogP contribution in [0, 0.1) is 5.92 Å². The summed E-state index contributed by atoms with van der Waals surface area (Å²) in [7, 11) is -0.856. The van der Waals surface area contributed by atoms with Gasteiger partial charge >= 0.3 is 0 Å². The van der Waals surface area contributed by atoms with Gasteiger partial charge in [0.2, 0.25) is 0 Å². The molecule has 3 heteroatoms. The van der Waals surface area contributed by atoms with E-state index in [0.29, 0.717) is 5.92 Å². The van der Waals surface area contributed by atoms with Crippen molar-refractivity contribution in [1.29, 1.82) is 0 Å². The van der Waals surface area contributed by atoms with Gasteiger partial charge in [0.15, 0.2) is 0 Å². The molecule has 1 aliphatic rings. The predicted octanol–water partition coefficient (Wildman–Crippen LogP) is 4.06. The molecule has 2 unspecified atom stereocenters. The maximum absolute atomic E-state index is 12.6. The van der Waals surface area contributed by atoms with Crippen molar-refractivity contribution in [3.05, 3.63) is 30.3 Å². The van der Waals surface area contributed by atoms with Crippen LogP contribution in [0.5, 0.6) is 0 Å². The van der Waals surface area contributed by atoms with Gasteiger partial charge in [0.25, 0.3) is 0 Å². The van der Waals surface area contributed by atoms with Crippen molar-refractivity contribution in [3.63, 3.8) is 0 Å². The van der Waals surface area contributed by atoms with Gasteiger partial charge < -0.3 is 0 Å². The van der Waals surface area contributed by atoms with Gasteiger partial charge in [0.05, 0.1) is 15.4 Å². The molecule has 0 amide bonds. The topological polar surface area (TPSA) is 17.1 Å². The van der Waals surface area contributed by atoms with Crippen molar-refractivity contribution in [2.24, 2.45) is 5.92 Å². The fourth-order valence-electron chi connectivity index (χ4n) is 2.55. The van der Waals surface area contributed by atoms with E-state index in [9.17, 15) is 4.21 Å². The van der Waals surface area contributed by atoms with Crippen LogP contribution in [0.2, 0.25) is 0 Å². The summed E-state index contributed by atoms with van der Waals surface area (Å²) in [6, 6.07) is 9.91. The van der Waals surface area contributed by atoms with E-state index >= 15 is 0 Å². The molecule has 1 aromatic rings. The Hall–Kier alpha value is -0.280. The Balaban J connectivity index is 2.09. The number of hydrogen-bond acceptors (Lipinski definition) is 2. The van der Waals surface area contributed by atoms with E-state index < -0.39 is 10.8 Å². The van der Waals surface area contributed by atoms with Gasteiger partial charge in [0, 0.05) is 4.90 Å². The van der Waals surface area contributed by atoms with Gasteiger partial charge in [-0.15, -0.1) is 11.8 Å². The Morgan fingerprint density at radius 2 is 1.82 bits per heavy atom. The van der Waals surface area contributed by atoms with Crippen molar-refractivity contribution in [3.8, 4) is 0 Å². The molecule has 0 spiro atoms. The molecule has 0 aromatic heterocycles. The lowest BCUT2D eigenvalue weighted by Gasteiger charge is -2.28. The highest BCUT2D eigenvalue weighted by atomic mass is 32.2. The van der Waals surface area contributed by atoms with E-state index in [1.165, 1.54) is 32.1 Å². The molecular formula is C14H20OS2. The van der Waals surface area contributed by atoms with E-state index in [1.54, 1.807) is 11.8 Å². The molecule has 2 rings (SSSR count). The van der Waals surface area contributed by atoms with Crippen LogP contribution in [-0.4, -0.2) is 15.0 Å². The molecule has 1 aromatic carbocycles. The Morgan fingerprint density at radius 3 is 2.41 bits per heavy atom. The summed E-state index contributed by atoms with van der Waals surface area (Å²) in [5, 5.41) is 0. The Morgan fingerprint density at radius 1 is 1.18 bits per heavy atom. The van der Waals surface area contributed by atoms with Crippen LogP contribution < -0.4 is 0 Å². The molecule has 1 fully saturated rings. The zero-order valence-corrected chi connectivity index (χ0v) is 11.9. The molecule has 2 atom stereocenters. The largest absolute Gasteiger partial charge is 0.253 e. The molecule has 0 heterocycles. The average Bonchev–Trinajstić information content (AvgIpc) is 2.42. The first-order valence-corrected chi connectivity index (χ1v) is 8.81.